The molecule has 11 heteroatoms. The molecule has 2 fully saturated rings. The highest BCUT2D eigenvalue weighted by Crippen LogP contribution is 2.40. The minimum Gasteiger partial charge on any atom is -0.325 e. The Morgan fingerprint density at radius 2 is 1.94 bits per heavy atom. The van der Waals surface area contributed by atoms with Gasteiger partial charge in [0.05, 0.1) is 10.8 Å². The fraction of sp³-hybridized carbons (Fsp3) is 0.571. The van der Waals surface area contributed by atoms with Crippen molar-refractivity contribution in [3.8, 4) is 0 Å². The first-order chi connectivity index (χ1) is 15.3. The number of nitrogens with zero attached hydrogens (tertiary/aromatic N) is 4. The topological polar surface area (TPSA) is 97.2 Å². The predicted molar refractivity (Wildman–Crippen MR) is 126 cm³/mol. The number of halogens is 1. The second-order valence-corrected chi connectivity index (χ2v) is 11.8. The molecular formula is C21H28ClN5O3S2. The quantitative estimate of drug-likeness (QED) is 0.546. The van der Waals surface area contributed by atoms with E-state index in [2.05, 4.69) is 33.9 Å². The number of hydrogen-bond donors (Lipinski definition) is 1. The maximum Gasteiger partial charge on any atom is 0.244 e. The number of benzene rings is 1. The number of aromatic nitrogens is 3. The largest absolute Gasteiger partial charge is 0.325 e. The zero-order valence-electron chi connectivity index (χ0n) is 18.3. The summed E-state index contributed by atoms with van der Waals surface area (Å²) in [6.45, 7) is 5.15. The lowest BCUT2D eigenvalue weighted by atomic mass is 10.2. The molecule has 174 valence electrons. The lowest BCUT2D eigenvalue weighted by Crippen LogP contribution is -2.35. The van der Waals surface area contributed by atoms with Crippen molar-refractivity contribution < 1.29 is 13.2 Å². The number of amides is 1. The highest BCUT2D eigenvalue weighted by molar-refractivity contribution is 7.99. The molecule has 1 aliphatic carbocycles. The van der Waals surface area contributed by atoms with E-state index in [1.807, 2.05) is 0 Å². The third-order valence-corrected chi connectivity index (χ3v) is 8.92. The molecule has 1 saturated heterocycles. The Bertz CT molecular complexity index is 1090. The van der Waals surface area contributed by atoms with Gasteiger partial charge in [0.15, 0.2) is 5.16 Å². The third kappa shape index (κ3) is 5.13. The Morgan fingerprint density at radius 1 is 1.22 bits per heavy atom. The standard InChI is InChI=1S/C21H28ClN5O3S2/c1-14(2)20-24-25-21(27(20)16-7-8-16)31-13-19(28)23-15-6-9-17(22)18(12-15)32(29,30)26-10-4-3-5-11-26/h6,9,12,14,16H,3-5,7-8,10-11,13H2,1-2H3,(H,23,28). The average molecular weight is 498 g/mol. The summed E-state index contributed by atoms with van der Waals surface area (Å²) in [6, 6.07) is 4.99. The zero-order chi connectivity index (χ0) is 22.9. The molecule has 0 unspecified atom stereocenters. The number of nitrogens with one attached hydrogen (secondary N) is 1. The molecule has 8 nitrogen and oxygen atoms in total. The van der Waals surface area contributed by atoms with Crippen molar-refractivity contribution in [2.75, 3.05) is 24.2 Å². The summed E-state index contributed by atoms with van der Waals surface area (Å²) in [5, 5.41) is 12.3. The van der Waals surface area contributed by atoms with Gasteiger partial charge in [-0.1, -0.05) is 43.6 Å². The molecule has 2 aromatic rings. The van der Waals surface area contributed by atoms with Crippen LogP contribution in [0.3, 0.4) is 0 Å². The van der Waals surface area contributed by atoms with Gasteiger partial charge in [0.25, 0.3) is 0 Å². The molecule has 1 amide bonds. The molecular weight excluding hydrogens is 470 g/mol. The van der Waals surface area contributed by atoms with Crippen LogP contribution < -0.4 is 5.32 Å². The van der Waals surface area contributed by atoms with E-state index >= 15 is 0 Å². The summed E-state index contributed by atoms with van der Waals surface area (Å²) in [6.07, 6.45) is 4.93. The maximum atomic E-state index is 13.0. The summed E-state index contributed by atoms with van der Waals surface area (Å²) in [4.78, 5) is 12.6. The number of piperidine rings is 1. The molecule has 1 N–H and O–H groups in total. The SMILES string of the molecule is CC(C)c1nnc(SCC(=O)Nc2ccc(Cl)c(S(=O)(=O)N3CCCCC3)c2)n1C1CC1. The normalized spacial score (nSPS) is 17.6. The van der Waals surface area contributed by atoms with Crippen molar-refractivity contribution >= 4 is 45.0 Å². The smallest absolute Gasteiger partial charge is 0.244 e. The number of carbonyl (C=O) groups is 1. The first-order valence-electron chi connectivity index (χ1n) is 10.9. The van der Waals surface area contributed by atoms with Crippen LogP contribution >= 0.6 is 23.4 Å². The molecule has 1 aliphatic heterocycles. The van der Waals surface area contributed by atoms with Gasteiger partial charge in [-0.3, -0.25) is 4.79 Å². The third-order valence-electron chi connectivity index (χ3n) is 5.60. The van der Waals surface area contributed by atoms with Gasteiger partial charge < -0.3 is 9.88 Å². The molecule has 1 saturated carbocycles. The Labute approximate surface area is 198 Å². The van der Waals surface area contributed by atoms with Gasteiger partial charge >= 0.3 is 0 Å². The van der Waals surface area contributed by atoms with Crippen molar-refractivity contribution in [3.63, 3.8) is 0 Å². The molecule has 2 aliphatic rings. The van der Waals surface area contributed by atoms with Gasteiger partial charge in [-0.2, -0.15) is 4.31 Å². The van der Waals surface area contributed by atoms with Crippen molar-refractivity contribution in [1.82, 2.24) is 19.1 Å². The van der Waals surface area contributed by atoms with Gasteiger partial charge in [-0.15, -0.1) is 10.2 Å². The van der Waals surface area contributed by atoms with Gasteiger partial charge in [-0.05, 0) is 43.9 Å². The van der Waals surface area contributed by atoms with Gasteiger partial charge in [0.1, 0.15) is 10.7 Å². The summed E-state index contributed by atoms with van der Waals surface area (Å²) in [5.74, 6) is 1.12. The first-order valence-corrected chi connectivity index (χ1v) is 13.7. The summed E-state index contributed by atoms with van der Waals surface area (Å²) in [5.41, 5.74) is 0.405. The number of hydrogen-bond acceptors (Lipinski definition) is 6. The van der Waals surface area contributed by atoms with Gasteiger partial charge in [0, 0.05) is 30.7 Å². The molecule has 0 spiro atoms. The number of thioether (sulfide) groups is 1. The van der Waals surface area contributed by atoms with Crippen molar-refractivity contribution in [2.45, 2.75) is 68.0 Å². The van der Waals surface area contributed by atoms with Crippen LogP contribution in [0.1, 0.15) is 63.7 Å². The van der Waals surface area contributed by atoms with Crippen LogP contribution in [-0.4, -0.2) is 52.2 Å². The number of carbonyl (C=O) groups excluding carboxylic acids is 1. The molecule has 2 heterocycles. The monoisotopic (exact) mass is 497 g/mol. The molecule has 1 aromatic carbocycles. The Hall–Kier alpha value is -1.62. The summed E-state index contributed by atoms with van der Waals surface area (Å²) < 4.78 is 29.7. The molecule has 0 atom stereocenters. The number of rotatable bonds is 8. The van der Waals surface area contributed by atoms with Crippen LogP contribution in [0, 0.1) is 0 Å². The van der Waals surface area contributed by atoms with Gasteiger partial charge in [0.2, 0.25) is 15.9 Å². The number of anilines is 1. The van der Waals surface area contributed by atoms with Crippen molar-refractivity contribution in [3.05, 3.63) is 29.0 Å². The van der Waals surface area contributed by atoms with Crippen LogP contribution in [0.25, 0.3) is 0 Å². The Balaban J connectivity index is 1.44. The minimum absolute atomic E-state index is 0.0292. The van der Waals surface area contributed by atoms with Crippen molar-refractivity contribution in [1.29, 1.82) is 0 Å². The Morgan fingerprint density at radius 3 is 2.59 bits per heavy atom. The van der Waals surface area contributed by atoms with E-state index in [1.165, 1.54) is 28.2 Å². The van der Waals surface area contributed by atoms with Gasteiger partial charge in [-0.25, -0.2) is 8.42 Å². The lowest BCUT2D eigenvalue weighted by molar-refractivity contribution is -0.113. The Kier molecular flexibility index (Phi) is 7.14. The lowest BCUT2D eigenvalue weighted by Gasteiger charge is -2.26. The van der Waals surface area contributed by atoms with E-state index < -0.39 is 10.0 Å². The van der Waals surface area contributed by atoms with Crippen LogP contribution in [0.4, 0.5) is 5.69 Å². The van der Waals surface area contributed by atoms with Crippen LogP contribution in [0.15, 0.2) is 28.3 Å². The number of sulfonamides is 1. The van der Waals surface area contributed by atoms with E-state index in [4.69, 9.17) is 11.6 Å². The van der Waals surface area contributed by atoms with E-state index in [0.717, 1.165) is 43.1 Å². The molecule has 4 rings (SSSR count). The predicted octanol–water partition coefficient (Wildman–Crippen LogP) is 4.30. The van der Waals surface area contributed by atoms with Crippen molar-refractivity contribution in [2.24, 2.45) is 0 Å². The van der Waals surface area contributed by atoms with Crippen LogP contribution in [0.2, 0.25) is 5.02 Å². The second-order valence-electron chi connectivity index (χ2n) is 8.54. The second kappa shape index (κ2) is 9.70. The molecule has 32 heavy (non-hydrogen) atoms. The summed E-state index contributed by atoms with van der Waals surface area (Å²) in [7, 11) is -3.70. The van der Waals surface area contributed by atoms with Crippen LogP contribution in [0.5, 0.6) is 0 Å². The van der Waals surface area contributed by atoms with Crippen LogP contribution in [-0.2, 0) is 14.8 Å². The maximum absolute atomic E-state index is 13.0. The van der Waals surface area contributed by atoms with E-state index in [0.29, 0.717) is 24.8 Å². The fourth-order valence-electron chi connectivity index (χ4n) is 3.81. The highest BCUT2D eigenvalue weighted by atomic mass is 35.5. The molecule has 0 bridgehead atoms. The first kappa shape index (κ1) is 23.5. The van der Waals surface area contributed by atoms with E-state index in [-0.39, 0.29) is 27.5 Å². The van der Waals surface area contributed by atoms with E-state index in [1.54, 1.807) is 6.07 Å². The molecule has 1 aromatic heterocycles. The zero-order valence-corrected chi connectivity index (χ0v) is 20.6. The average Bonchev–Trinajstić information content (AvgIpc) is 3.52. The van der Waals surface area contributed by atoms with E-state index in [9.17, 15) is 13.2 Å². The summed E-state index contributed by atoms with van der Waals surface area (Å²) >= 11 is 7.56. The molecule has 0 radical (unpaired) electrons. The highest BCUT2D eigenvalue weighted by Gasteiger charge is 2.31. The fourth-order valence-corrected chi connectivity index (χ4v) is 6.64. The minimum atomic E-state index is -3.70.